The van der Waals surface area contributed by atoms with Gasteiger partial charge in [0.15, 0.2) is 0 Å². The number of hydrogen-bond donors (Lipinski definition) is 0. The highest BCUT2D eigenvalue weighted by atomic mass is 32.2. The number of ether oxygens (including phenoxy) is 1. The fraction of sp³-hybridized carbons (Fsp3) is 0.643. The Labute approximate surface area is 136 Å². The van der Waals surface area contributed by atoms with Gasteiger partial charge in [0.1, 0.15) is 5.60 Å². The maximum absolute atomic E-state index is 12.0. The minimum Gasteiger partial charge on any atom is -0.444 e. The average Bonchev–Trinajstić information content (AvgIpc) is 2.45. The first-order chi connectivity index (χ1) is 10.6. The summed E-state index contributed by atoms with van der Waals surface area (Å²) in [5.74, 6) is 0. The molecule has 0 aromatic carbocycles. The monoisotopic (exact) mass is 342 g/mol. The molecule has 8 nitrogen and oxygen atoms in total. The number of sulfone groups is 1. The molecule has 1 aromatic heterocycles. The van der Waals surface area contributed by atoms with Gasteiger partial charge >= 0.3 is 6.09 Å². The van der Waals surface area contributed by atoms with Crippen molar-refractivity contribution in [3.63, 3.8) is 0 Å². The predicted octanol–water partition coefficient (Wildman–Crippen LogP) is 0.937. The van der Waals surface area contributed by atoms with Crippen LogP contribution in [-0.2, 0) is 14.6 Å². The van der Waals surface area contributed by atoms with Crippen molar-refractivity contribution >= 4 is 21.6 Å². The van der Waals surface area contributed by atoms with Gasteiger partial charge in [-0.3, -0.25) is 0 Å². The molecule has 0 saturated carbocycles. The van der Waals surface area contributed by atoms with Gasteiger partial charge < -0.3 is 14.5 Å². The van der Waals surface area contributed by atoms with E-state index in [-0.39, 0.29) is 11.2 Å². The summed E-state index contributed by atoms with van der Waals surface area (Å²) in [6.45, 7) is 7.79. The third-order valence-corrected chi connectivity index (χ3v) is 4.12. The van der Waals surface area contributed by atoms with Crippen LogP contribution in [0.25, 0.3) is 0 Å². The maximum Gasteiger partial charge on any atom is 0.410 e. The average molecular weight is 342 g/mol. The molecule has 1 aliphatic heterocycles. The number of nitrogens with zero attached hydrogens (tertiary/aromatic N) is 4. The van der Waals surface area contributed by atoms with Crippen LogP contribution in [0.15, 0.2) is 17.6 Å². The molecule has 0 N–H and O–H groups in total. The van der Waals surface area contributed by atoms with Crippen molar-refractivity contribution in [1.29, 1.82) is 0 Å². The van der Waals surface area contributed by atoms with Crippen LogP contribution in [0.4, 0.5) is 10.5 Å². The van der Waals surface area contributed by atoms with Crippen molar-refractivity contribution < 1.29 is 17.9 Å². The summed E-state index contributed by atoms with van der Waals surface area (Å²) in [6, 6.07) is 0. The minimum atomic E-state index is -3.40. The highest BCUT2D eigenvalue weighted by molar-refractivity contribution is 7.90. The molecule has 0 aliphatic carbocycles. The van der Waals surface area contributed by atoms with Gasteiger partial charge in [-0.05, 0) is 20.8 Å². The number of carbonyl (C=O) groups excluding carboxylic acids is 1. The molecule has 1 amide bonds. The van der Waals surface area contributed by atoms with E-state index in [2.05, 4.69) is 9.97 Å². The van der Waals surface area contributed by atoms with Crippen LogP contribution in [0.2, 0.25) is 0 Å². The molecule has 1 aromatic rings. The van der Waals surface area contributed by atoms with Crippen LogP contribution in [0.1, 0.15) is 20.8 Å². The van der Waals surface area contributed by atoms with Gasteiger partial charge in [-0.25, -0.2) is 23.2 Å². The topological polar surface area (TPSA) is 92.7 Å². The minimum absolute atomic E-state index is 0.186. The number of aromatic nitrogens is 2. The molecule has 0 atom stereocenters. The number of hydrogen-bond acceptors (Lipinski definition) is 7. The standard InChI is InChI=1S/C14H22N4O4S/c1-14(2,3)22-13(19)18-7-5-17(6-8-18)11-9-15-12(16-10-11)23(4,20)21/h9-10H,5-8H2,1-4H3. The molecule has 0 spiro atoms. The SMILES string of the molecule is CC(C)(C)OC(=O)N1CCN(c2cnc(S(C)(=O)=O)nc2)CC1. The molecule has 9 heteroatoms. The lowest BCUT2D eigenvalue weighted by Gasteiger charge is -2.36. The van der Waals surface area contributed by atoms with E-state index in [0.29, 0.717) is 26.2 Å². The Kier molecular flexibility index (Phi) is 4.79. The second-order valence-electron chi connectivity index (χ2n) is 6.45. The lowest BCUT2D eigenvalue weighted by molar-refractivity contribution is 0.0240. The quantitative estimate of drug-likeness (QED) is 0.738. The van der Waals surface area contributed by atoms with E-state index in [4.69, 9.17) is 4.74 Å². The van der Waals surface area contributed by atoms with E-state index in [1.807, 2.05) is 25.7 Å². The summed E-state index contributed by atoms with van der Waals surface area (Å²) in [5.41, 5.74) is 0.227. The first-order valence-corrected chi connectivity index (χ1v) is 9.20. The first-order valence-electron chi connectivity index (χ1n) is 7.31. The van der Waals surface area contributed by atoms with Crippen LogP contribution in [-0.4, -0.2) is 67.4 Å². The Morgan fingerprint density at radius 1 is 1.13 bits per heavy atom. The second-order valence-corrected chi connectivity index (χ2v) is 8.36. The summed E-state index contributed by atoms with van der Waals surface area (Å²) in [4.78, 5) is 23.4. The number of carbonyl (C=O) groups is 1. The van der Waals surface area contributed by atoms with Gasteiger partial charge in [-0.1, -0.05) is 0 Å². The molecule has 23 heavy (non-hydrogen) atoms. The van der Waals surface area contributed by atoms with Crippen LogP contribution in [0.5, 0.6) is 0 Å². The number of amides is 1. The summed E-state index contributed by atoms with van der Waals surface area (Å²) in [7, 11) is -3.40. The van der Waals surface area contributed by atoms with Gasteiger partial charge in [-0.2, -0.15) is 0 Å². The zero-order valence-electron chi connectivity index (χ0n) is 13.8. The molecular formula is C14H22N4O4S. The fourth-order valence-electron chi connectivity index (χ4n) is 2.14. The number of rotatable bonds is 2. The van der Waals surface area contributed by atoms with E-state index in [1.54, 1.807) is 4.90 Å². The Morgan fingerprint density at radius 2 is 1.65 bits per heavy atom. The van der Waals surface area contributed by atoms with Crippen molar-refractivity contribution in [2.24, 2.45) is 0 Å². The fourth-order valence-corrected chi connectivity index (χ4v) is 2.63. The molecule has 1 aliphatic rings. The van der Waals surface area contributed by atoms with Crippen molar-refractivity contribution in [1.82, 2.24) is 14.9 Å². The van der Waals surface area contributed by atoms with Gasteiger partial charge in [0.2, 0.25) is 15.0 Å². The molecule has 128 valence electrons. The predicted molar refractivity (Wildman–Crippen MR) is 85.2 cm³/mol. The van der Waals surface area contributed by atoms with Crippen molar-refractivity contribution in [3.8, 4) is 0 Å². The molecule has 2 rings (SSSR count). The second kappa shape index (κ2) is 6.31. The Morgan fingerprint density at radius 3 is 2.09 bits per heavy atom. The Balaban J connectivity index is 1.95. The van der Waals surface area contributed by atoms with Crippen molar-refractivity contribution in [2.75, 3.05) is 37.3 Å². The van der Waals surface area contributed by atoms with Gasteiger partial charge in [0.05, 0.1) is 18.1 Å². The van der Waals surface area contributed by atoms with Crippen molar-refractivity contribution in [3.05, 3.63) is 12.4 Å². The van der Waals surface area contributed by atoms with Gasteiger partial charge in [0.25, 0.3) is 0 Å². The highest BCUT2D eigenvalue weighted by Gasteiger charge is 2.26. The van der Waals surface area contributed by atoms with E-state index in [9.17, 15) is 13.2 Å². The summed E-state index contributed by atoms with van der Waals surface area (Å²) >= 11 is 0. The largest absolute Gasteiger partial charge is 0.444 e. The normalized spacial score (nSPS) is 16.3. The molecular weight excluding hydrogens is 320 g/mol. The Bertz CT molecular complexity index is 659. The smallest absolute Gasteiger partial charge is 0.410 e. The van der Waals surface area contributed by atoms with Gasteiger partial charge in [-0.15, -0.1) is 0 Å². The molecule has 2 heterocycles. The van der Waals surface area contributed by atoms with Crippen LogP contribution >= 0.6 is 0 Å². The maximum atomic E-state index is 12.0. The third kappa shape index (κ3) is 4.78. The lowest BCUT2D eigenvalue weighted by atomic mass is 10.2. The number of piperazine rings is 1. The van der Waals surface area contributed by atoms with E-state index in [1.165, 1.54) is 12.4 Å². The van der Waals surface area contributed by atoms with Crippen LogP contribution in [0.3, 0.4) is 0 Å². The zero-order chi connectivity index (χ0) is 17.3. The summed E-state index contributed by atoms with van der Waals surface area (Å²) < 4.78 is 28.1. The highest BCUT2D eigenvalue weighted by Crippen LogP contribution is 2.17. The molecule has 1 saturated heterocycles. The van der Waals surface area contributed by atoms with E-state index in [0.717, 1.165) is 11.9 Å². The molecule has 0 radical (unpaired) electrons. The van der Waals surface area contributed by atoms with E-state index >= 15 is 0 Å². The lowest BCUT2D eigenvalue weighted by Crippen LogP contribution is -2.50. The van der Waals surface area contributed by atoms with E-state index < -0.39 is 15.4 Å². The van der Waals surface area contributed by atoms with Crippen LogP contribution < -0.4 is 4.90 Å². The Hall–Kier alpha value is -1.90. The molecule has 0 unspecified atom stereocenters. The van der Waals surface area contributed by atoms with Crippen molar-refractivity contribution in [2.45, 2.75) is 31.5 Å². The first kappa shape index (κ1) is 17.5. The molecule has 0 bridgehead atoms. The number of anilines is 1. The zero-order valence-corrected chi connectivity index (χ0v) is 14.6. The summed E-state index contributed by atoms with van der Waals surface area (Å²) in [5, 5.41) is -0.186. The van der Waals surface area contributed by atoms with Crippen LogP contribution in [0, 0.1) is 0 Å². The summed E-state index contributed by atoms with van der Waals surface area (Å²) in [6.07, 6.45) is 3.74. The van der Waals surface area contributed by atoms with Gasteiger partial charge in [0, 0.05) is 32.4 Å². The third-order valence-electron chi connectivity index (χ3n) is 3.24. The molecule has 1 fully saturated rings.